The van der Waals surface area contributed by atoms with Gasteiger partial charge in [-0.25, -0.2) is 0 Å². The van der Waals surface area contributed by atoms with Crippen molar-refractivity contribution in [2.45, 2.75) is 39.5 Å². The first-order valence-electron chi connectivity index (χ1n) is 11.0. The zero-order chi connectivity index (χ0) is 21.7. The van der Waals surface area contributed by atoms with Crippen LogP contribution >= 0.6 is 0 Å². The number of carbonyl (C=O) groups is 3. The largest absolute Gasteiger partial charge is 0.326 e. The lowest BCUT2D eigenvalue weighted by molar-refractivity contribution is -0.122. The van der Waals surface area contributed by atoms with Gasteiger partial charge in [0.2, 0.25) is 17.7 Å². The minimum absolute atomic E-state index is 0.0371. The van der Waals surface area contributed by atoms with Crippen molar-refractivity contribution in [1.82, 2.24) is 0 Å². The molecule has 0 spiro atoms. The predicted octanol–water partition coefficient (Wildman–Crippen LogP) is 3.59. The van der Waals surface area contributed by atoms with Crippen LogP contribution in [0.25, 0.3) is 0 Å². The summed E-state index contributed by atoms with van der Waals surface area (Å²) in [7, 11) is 0. The second-order valence-corrected chi connectivity index (χ2v) is 8.97. The number of benzene rings is 2. The number of nitrogens with zero attached hydrogens (tertiary/aromatic N) is 2. The van der Waals surface area contributed by atoms with Gasteiger partial charge >= 0.3 is 0 Å². The van der Waals surface area contributed by atoms with Crippen molar-refractivity contribution < 1.29 is 14.4 Å². The molecule has 1 saturated heterocycles. The third-order valence-corrected chi connectivity index (χ3v) is 6.82. The van der Waals surface area contributed by atoms with Crippen molar-refractivity contribution in [1.29, 1.82) is 0 Å². The van der Waals surface area contributed by atoms with Crippen molar-refractivity contribution in [2.24, 2.45) is 11.8 Å². The number of fused-ring (bicyclic) bond motifs is 1. The summed E-state index contributed by atoms with van der Waals surface area (Å²) in [5.41, 5.74) is 5.84. The number of anilines is 3. The molecule has 2 aromatic rings. The van der Waals surface area contributed by atoms with E-state index in [-0.39, 0.29) is 36.0 Å². The van der Waals surface area contributed by atoms with Gasteiger partial charge in [-0.15, -0.1) is 0 Å². The van der Waals surface area contributed by atoms with Crippen LogP contribution in [0.15, 0.2) is 36.4 Å². The Hall–Kier alpha value is -3.15. The van der Waals surface area contributed by atoms with Crippen LogP contribution in [0.4, 0.5) is 17.1 Å². The lowest BCUT2D eigenvalue weighted by atomic mass is 10.1. The predicted molar refractivity (Wildman–Crippen MR) is 120 cm³/mol. The van der Waals surface area contributed by atoms with E-state index in [0.717, 1.165) is 53.0 Å². The highest BCUT2D eigenvalue weighted by Crippen LogP contribution is 2.38. The molecule has 2 aromatic carbocycles. The van der Waals surface area contributed by atoms with Crippen LogP contribution in [0.1, 0.15) is 36.0 Å². The van der Waals surface area contributed by atoms with Gasteiger partial charge in [-0.1, -0.05) is 12.1 Å². The van der Waals surface area contributed by atoms with Crippen LogP contribution in [0.3, 0.4) is 0 Å². The second kappa shape index (κ2) is 7.52. The summed E-state index contributed by atoms with van der Waals surface area (Å²) < 4.78 is 0. The van der Waals surface area contributed by atoms with E-state index in [0.29, 0.717) is 13.1 Å². The quantitative estimate of drug-likeness (QED) is 0.827. The maximum atomic E-state index is 12.8. The molecule has 3 amide bonds. The Labute approximate surface area is 182 Å². The van der Waals surface area contributed by atoms with Gasteiger partial charge in [0.25, 0.3) is 0 Å². The molecule has 1 saturated carbocycles. The SMILES string of the molecule is Cc1cccc(NC(=O)[C@@H]2CC(=O)N(c3ccc4c(c3)CCN4C(=O)C3CC3)C2)c1C. The molecular formula is C25H27N3O3. The molecule has 1 atom stereocenters. The Balaban J connectivity index is 1.30. The van der Waals surface area contributed by atoms with Gasteiger partial charge in [0.15, 0.2) is 0 Å². The molecule has 31 heavy (non-hydrogen) atoms. The molecule has 2 aliphatic heterocycles. The van der Waals surface area contributed by atoms with Crippen LogP contribution in [0.2, 0.25) is 0 Å². The Morgan fingerprint density at radius 2 is 1.87 bits per heavy atom. The van der Waals surface area contributed by atoms with Crippen LogP contribution < -0.4 is 15.1 Å². The Morgan fingerprint density at radius 1 is 1.06 bits per heavy atom. The van der Waals surface area contributed by atoms with Gasteiger partial charge in [0.05, 0.1) is 5.92 Å². The fraction of sp³-hybridized carbons (Fsp3) is 0.400. The molecule has 5 rings (SSSR count). The van der Waals surface area contributed by atoms with Crippen LogP contribution in [-0.2, 0) is 20.8 Å². The molecule has 3 aliphatic rings. The Kier molecular flexibility index (Phi) is 4.80. The molecule has 0 radical (unpaired) electrons. The van der Waals surface area contributed by atoms with Gasteiger partial charge in [-0.05, 0) is 74.1 Å². The van der Waals surface area contributed by atoms with Gasteiger partial charge < -0.3 is 15.1 Å². The van der Waals surface area contributed by atoms with E-state index in [2.05, 4.69) is 5.32 Å². The monoisotopic (exact) mass is 417 g/mol. The van der Waals surface area contributed by atoms with Gasteiger partial charge in [-0.3, -0.25) is 14.4 Å². The maximum Gasteiger partial charge on any atom is 0.230 e. The third-order valence-electron chi connectivity index (χ3n) is 6.82. The van der Waals surface area contributed by atoms with Gasteiger partial charge in [0, 0.05) is 42.5 Å². The number of hydrogen-bond donors (Lipinski definition) is 1. The zero-order valence-electron chi connectivity index (χ0n) is 18.0. The zero-order valence-corrected chi connectivity index (χ0v) is 18.0. The Bertz CT molecular complexity index is 1090. The average molecular weight is 418 g/mol. The highest BCUT2D eigenvalue weighted by molar-refractivity contribution is 6.04. The van der Waals surface area contributed by atoms with E-state index in [1.54, 1.807) is 4.90 Å². The minimum atomic E-state index is -0.381. The van der Waals surface area contributed by atoms with Crippen molar-refractivity contribution in [3.63, 3.8) is 0 Å². The summed E-state index contributed by atoms with van der Waals surface area (Å²) in [5, 5.41) is 3.00. The molecule has 0 aromatic heterocycles. The number of aryl methyl sites for hydroxylation is 1. The topological polar surface area (TPSA) is 69.7 Å². The Morgan fingerprint density at radius 3 is 2.65 bits per heavy atom. The first-order valence-corrected chi connectivity index (χ1v) is 11.0. The highest BCUT2D eigenvalue weighted by atomic mass is 16.2. The molecule has 2 heterocycles. The highest BCUT2D eigenvalue weighted by Gasteiger charge is 2.38. The van der Waals surface area contributed by atoms with Crippen molar-refractivity contribution >= 4 is 34.8 Å². The number of hydrogen-bond acceptors (Lipinski definition) is 3. The summed E-state index contributed by atoms with van der Waals surface area (Å²) in [6.07, 6.45) is 3.01. The van der Waals surface area contributed by atoms with Crippen LogP contribution in [0, 0.1) is 25.7 Å². The lowest BCUT2D eigenvalue weighted by Gasteiger charge is -2.20. The molecule has 2 fully saturated rings. The summed E-state index contributed by atoms with van der Waals surface area (Å²) in [6, 6.07) is 11.7. The standard InChI is InChI=1S/C25H27N3O3/c1-15-4-3-5-21(16(15)2)26-24(30)19-13-23(29)28(14-19)20-8-9-22-18(12-20)10-11-27(22)25(31)17-6-7-17/h3-5,8-9,12,17,19H,6-7,10-11,13-14H2,1-2H3,(H,26,30)/t19-/m1/s1. The third kappa shape index (κ3) is 3.60. The first-order chi connectivity index (χ1) is 14.9. The van der Waals surface area contributed by atoms with E-state index in [1.807, 2.05) is 55.1 Å². The van der Waals surface area contributed by atoms with E-state index >= 15 is 0 Å². The molecule has 1 aliphatic carbocycles. The van der Waals surface area contributed by atoms with E-state index in [4.69, 9.17) is 0 Å². The molecular weight excluding hydrogens is 390 g/mol. The smallest absolute Gasteiger partial charge is 0.230 e. The average Bonchev–Trinajstić information content (AvgIpc) is 3.41. The fourth-order valence-electron chi connectivity index (χ4n) is 4.59. The van der Waals surface area contributed by atoms with Crippen LogP contribution in [-0.4, -0.2) is 30.8 Å². The van der Waals surface area contributed by atoms with Gasteiger partial charge in [-0.2, -0.15) is 0 Å². The van der Waals surface area contributed by atoms with Crippen LogP contribution in [0.5, 0.6) is 0 Å². The summed E-state index contributed by atoms with van der Waals surface area (Å²) in [5.74, 6) is -0.112. The summed E-state index contributed by atoms with van der Waals surface area (Å²) in [4.78, 5) is 41.6. The molecule has 0 unspecified atom stereocenters. The molecule has 1 N–H and O–H groups in total. The van der Waals surface area contributed by atoms with E-state index in [9.17, 15) is 14.4 Å². The maximum absolute atomic E-state index is 12.8. The normalized spacial score (nSPS) is 20.2. The van der Waals surface area contributed by atoms with Crippen molar-refractivity contribution in [3.8, 4) is 0 Å². The van der Waals surface area contributed by atoms with Crippen molar-refractivity contribution in [2.75, 3.05) is 28.2 Å². The molecule has 6 heteroatoms. The first kappa shape index (κ1) is 19.8. The molecule has 6 nitrogen and oxygen atoms in total. The lowest BCUT2D eigenvalue weighted by Crippen LogP contribution is -2.30. The van der Waals surface area contributed by atoms with Crippen molar-refractivity contribution in [3.05, 3.63) is 53.1 Å². The fourth-order valence-corrected chi connectivity index (χ4v) is 4.59. The number of carbonyl (C=O) groups excluding carboxylic acids is 3. The second-order valence-electron chi connectivity index (χ2n) is 8.97. The number of nitrogens with one attached hydrogen (secondary N) is 1. The van der Waals surface area contributed by atoms with E-state index < -0.39 is 0 Å². The van der Waals surface area contributed by atoms with Gasteiger partial charge in [0.1, 0.15) is 0 Å². The van der Waals surface area contributed by atoms with E-state index in [1.165, 1.54) is 0 Å². The minimum Gasteiger partial charge on any atom is -0.326 e. The molecule has 0 bridgehead atoms. The number of rotatable bonds is 4. The summed E-state index contributed by atoms with van der Waals surface area (Å²) in [6.45, 7) is 5.08. The summed E-state index contributed by atoms with van der Waals surface area (Å²) >= 11 is 0. The number of amides is 3. The molecule has 160 valence electrons.